The number of unbranched alkanes of at least 4 members (excludes halogenated alkanes) is 1. The van der Waals surface area contributed by atoms with Crippen molar-refractivity contribution in [3.05, 3.63) is 48.2 Å². The molecule has 1 aromatic carbocycles. The zero-order valence-corrected chi connectivity index (χ0v) is 41.1. The minimum absolute atomic E-state index is 0.0269. The first-order valence-electron chi connectivity index (χ1n) is 24.0. The number of carbonyl (C=O) groups is 7. The van der Waals surface area contributed by atoms with Crippen molar-refractivity contribution in [1.29, 1.82) is 0 Å². The number of nitrogens with two attached hydrogens (primary N) is 1. The molecule has 1 heterocycles. The fourth-order valence-corrected chi connectivity index (χ4v) is 7.63. The maximum absolute atomic E-state index is 14.5. The Morgan fingerprint density at radius 2 is 0.908 bits per heavy atom. The van der Waals surface area contributed by atoms with E-state index in [1.54, 1.807) is 6.92 Å². The quantitative estimate of drug-likeness (QED) is 0.110. The molecule has 0 aliphatic carbocycles. The fraction of sp³-hybridized carbons (Fsp3) is 0.694. The lowest BCUT2D eigenvalue weighted by atomic mass is 9.94. The summed E-state index contributed by atoms with van der Waals surface area (Å²) >= 11 is 0. The van der Waals surface area contributed by atoms with E-state index >= 15 is 0 Å². The summed E-state index contributed by atoms with van der Waals surface area (Å²) < 4.78 is 0. The summed E-state index contributed by atoms with van der Waals surface area (Å²) in [7, 11) is 0. The first kappa shape index (κ1) is 56.1. The Balaban J connectivity index is 2.81. The van der Waals surface area contributed by atoms with E-state index in [0.29, 0.717) is 63.6 Å². The molecular weight excluding hydrogens is 827 g/mol. The van der Waals surface area contributed by atoms with Gasteiger partial charge in [-0.1, -0.05) is 132 Å². The summed E-state index contributed by atoms with van der Waals surface area (Å²) in [5.41, 5.74) is 7.06. The van der Waals surface area contributed by atoms with Gasteiger partial charge in [-0.3, -0.25) is 33.6 Å². The van der Waals surface area contributed by atoms with E-state index in [4.69, 9.17) is 5.73 Å². The predicted molar refractivity (Wildman–Crippen MR) is 256 cm³/mol. The third-order valence-electron chi connectivity index (χ3n) is 12.9. The van der Waals surface area contributed by atoms with Crippen LogP contribution in [0.2, 0.25) is 0 Å². The van der Waals surface area contributed by atoms with Crippen molar-refractivity contribution in [2.45, 2.75) is 182 Å². The summed E-state index contributed by atoms with van der Waals surface area (Å²) in [6, 6.07) is 1.44. The molecule has 16 nitrogen and oxygen atoms in total. The van der Waals surface area contributed by atoms with Crippen LogP contribution in [0.15, 0.2) is 42.6 Å². The van der Waals surface area contributed by atoms with Crippen molar-refractivity contribution in [2.75, 3.05) is 6.54 Å². The second kappa shape index (κ2) is 28.1. The zero-order valence-electron chi connectivity index (χ0n) is 41.1. The van der Waals surface area contributed by atoms with E-state index in [1.807, 2.05) is 92.6 Å². The lowest BCUT2D eigenvalue weighted by Gasteiger charge is -2.33. The molecule has 1 saturated heterocycles. The topological polar surface area (TPSA) is 242 Å². The highest BCUT2D eigenvalue weighted by Crippen LogP contribution is 2.18. The Labute approximate surface area is 388 Å². The molecule has 0 spiro atoms. The smallest absolute Gasteiger partial charge is 0.243 e. The standard InChI is InChI=1S/C49H83N9O7/c1-13-29(7)39-46(62)52-34(12)43(59)55-42(32(10)16-4)49(65)58-41(31(9)15-3)47(63)53-36(24-20-21-25-50)44(60)56-40(30(8)14-2)48(64)54-37(27-35-22-18-17-19-23-35)33(11)51-38(26-28(5)6)45(61)57-39/h17-19,22-23,28-32,34,36-42,51H,11,13-16,20-21,24-27,50H2,1-10,12H3,(H,52,62)(H,53,63)(H,54,64)(H,55,59)(H,56,60)(H,57,61)(H,58,65). The maximum atomic E-state index is 14.5. The molecule has 1 aliphatic heterocycles. The lowest BCUT2D eigenvalue weighted by molar-refractivity contribution is -0.137. The van der Waals surface area contributed by atoms with Crippen LogP contribution >= 0.6 is 0 Å². The highest BCUT2D eigenvalue weighted by molar-refractivity contribution is 5.97. The van der Waals surface area contributed by atoms with Crippen LogP contribution in [0.3, 0.4) is 0 Å². The van der Waals surface area contributed by atoms with Crippen molar-refractivity contribution in [3.63, 3.8) is 0 Å². The molecule has 12 unspecified atom stereocenters. The van der Waals surface area contributed by atoms with Crippen LogP contribution in [-0.4, -0.2) is 96.2 Å². The number of hydrogen-bond donors (Lipinski definition) is 9. The van der Waals surface area contributed by atoms with E-state index < -0.39 is 89.7 Å². The van der Waals surface area contributed by atoms with Crippen LogP contribution in [0.25, 0.3) is 0 Å². The molecular formula is C49H83N9O7. The Hall–Kier alpha value is -4.99. The van der Waals surface area contributed by atoms with Crippen LogP contribution in [0.1, 0.15) is 133 Å². The van der Waals surface area contributed by atoms with Crippen LogP contribution in [0.5, 0.6) is 0 Å². The molecule has 2 rings (SSSR count). The number of carbonyl (C=O) groups excluding carboxylic acids is 7. The second-order valence-electron chi connectivity index (χ2n) is 18.7. The zero-order chi connectivity index (χ0) is 49.0. The average molecular weight is 910 g/mol. The molecule has 1 aliphatic rings. The molecule has 12 atom stereocenters. The van der Waals surface area contributed by atoms with E-state index in [0.717, 1.165) is 5.56 Å². The second-order valence-corrected chi connectivity index (χ2v) is 18.7. The third-order valence-corrected chi connectivity index (χ3v) is 12.9. The molecule has 16 heteroatoms. The van der Waals surface area contributed by atoms with Crippen molar-refractivity contribution in [3.8, 4) is 0 Å². The summed E-state index contributed by atoms with van der Waals surface area (Å²) in [6.07, 6.45) is 4.01. The first-order chi connectivity index (χ1) is 30.7. The van der Waals surface area contributed by atoms with Gasteiger partial charge in [-0.05, 0) is 80.7 Å². The van der Waals surface area contributed by atoms with Gasteiger partial charge >= 0.3 is 0 Å². The van der Waals surface area contributed by atoms with Crippen LogP contribution in [-0.2, 0) is 40.0 Å². The monoisotopic (exact) mass is 910 g/mol. The largest absolute Gasteiger partial charge is 0.376 e. The minimum atomic E-state index is -1.11. The molecule has 0 saturated carbocycles. The van der Waals surface area contributed by atoms with Gasteiger partial charge in [-0.25, -0.2) is 0 Å². The number of amides is 7. The summed E-state index contributed by atoms with van der Waals surface area (Å²) in [5.74, 6) is -5.31. The highest BCUT2D eigenvalue weighted by Gasteiger charge is 2.38. The molecule has 0 radical (unpaired) electrons. The first-order valence-corrected chi connectivity index (χ1v) is 24.0. The molecule has 0 bridgehead atoms. The predicted octanol–water partition coefficient (Wildman–Crippen LogP) is 3.49. The molecule has 366 valence electrons. The summed E-state index contributed by atoms with van der Waals surface area (Å²) in [4.78, 5) is 99.5. The van der Waals surface area contributed by atoms with E-state index in [2.05, 4.69) is 49.1 Å². The van der Waals surface area contributed by atoms with Crippen molar-refractivity contribution in [1.82, 2.24) is 42.5 Å². The molecule has 7 amide bonds. The van der Waals surface area contributed by atoms with Crippen LogP contribution in [0.4, 0.5) is 0 Å². The SMILES string of the molecule is C=C1NC(CC(C)C)C(=O)NC(C(C)CC)C(=O)NC(C)C(=O)NC(C(C)CC)C(=O)NC(C(C)CC)C(=O)NC(CCCCN)C(=O)NC(C(C)CC)C(=O)NC1Cc1ccccc1. The van der Waals surface area contributed by atoms with Crippen LogP contribution in [0, 0.1) is 29.6 Å². The van der Waals surface area contributed by atoms with Crippen LogP contribution < -0.4 is 48.3 Å². The summed E-state index contributed by atoms with van der Waals surface area (Å²) in [5, 5.41) is 23.7. The van der Waals surface area contributed by atoms with E-state index in [-0.39, 0.29) is 36.0 Å². The van der Waals surface area contributed by atoms with Gasteiger partial charge < -0.3 is 48.3 Å². The van der Waals surface area contributed by atoms with Crippen molar-refractivity contribution in [2.24, 2.45) is 35.3 Å². The normalized spacial score (nSPS) is 27.0. The molecule has 0 aromatic heterocycles. The minimum Gasteiger partial charge on any atom is -0.376 e. The molecule has 1 fully saturated rings. The van der Waals surface area contributed by atoms with Crippen molar-refractivity contribution >= 4 is 41.4 Å². The average Bonchev–Trinajstić information content (AvgIpc) is 3.28. The molecule has 10 N–H and O–H groups in total. The molecule has 65 heavy (non-hydrogen) atoms. The van der Waals surface area contributed by atoms with E-state index in [9.17, 15) is 33.6 Å². The van der Waals surface area contributed by atoms with E-state index in [1.165, 1.54) is 6.92 Å². The number of benzene rings is 1. The van der Waals surface area contributed by atoms with Gasteiger partial charge in [0.05, 0.1) is 6.04 Å². The third kappa shape index (κ3) is 17.7. The number of rotatable bonds is 16. The Kier molecular flexibility index (Phi) is 24.3. The van der Waals surface area contributed by atoms with Gasteiger partial charge in [0.1, 0.15) is 42.3 Å². The van der Waals surface area contributed by atoms with Gasteiger partial charge in [0.15, 0.2) is 0 Å². The lowest BCUT2D eigenvalue weighted by Crippen LogP contribution is -2.62. The van der Waals surface area contributed by atoms with Gasteiger partial charge in [0, 0.05) is 5.70 Å². The highest BCUT2D eigenvalue weighted by atomic mass is 16.2. The van der Waals surface area contributed by atoms with Gasteiger partial charge in [-0.15, -0.1) is 0 Å². The van der Waals surface area contributed by atoms with Crippen molar-refractivity contribution < 1.29 is 33.6 Å². The Morgan fingerprint density at radius 3 is 1.35 bits per heavy atom. The fourth-order valence-electron chi connectivity index (χ4n) is 7.63. The van der Waals surface area contributed by atoms with Gasteiger partial charge in [0.2, 0.25) is 41.4 Å². The Bertz CT molecular complexity index is 1730. The Morgan fingerprint density at radius 1 is 0.508 bits per heavy atom. The van der Waals surface area contributed by atoms with Gasteiger partial charge in [0.25, 0.3) is 0 Å². The number of nitrogens with one attached hydrogen (secondary N) is 8. The maximum Gasteiger partial charge on any atom is 0.243 e. The number of hydrogen-bond acceptors (Lipinski definition) is 9. The summed E-state index contributed by atoms with van der Waals surface area (Å²) in [6.45, 7) is 25.0. The molecule has 1 aromatic rings. The van der Waals surface area contributed by atoms with Gasteiger partial charge in [-0.2, -0.15) is 0 Å².